The highest BCUT2D eigenvalue weighted by Crippen LogP contribution is 2.19. The van der Waals surface area contributed by atoms with Crippen LogP contribution in [-0.4, -0.2) is 37.2 Å². The van der Waals surface area contributed by atoms with E-state index in [-0.39, 0.29) is 31.1 Å². The van der Waals surface area contributed by atoms with E-state index in [0.717, 1.165) is 63.7 Å². The van der Waals surface area contributed by atoms with Crippen LogP contribution in [0.4, 0.5) is 0 Å². The zero-order valence-corrected chi connectivity index (χ0v) is 49.4. The van der Waals surface area contributed by atoms with E-state index in [9.17, 15) is 14.4 Å². The molecular weight excluding hydrogens is 889 g/mol. The van der Waals surface area contributed by atoms with Gasteiger partial charge in [0.25, 0.3) is 0 Å². The van der Waals surface area contributed by atoms with Crippen molar-refractivity contribution in [3.05, 3.63) is 0 Å². The zero-order valence-electron chi connectivity index (χ0n) is 49.4. The first-order valence-electron chi connectivity index (χ1n) is 32.9. The van der Waals surface area contributed by atoms with E-state index in [0.29, 0.717) is 19.3 Å². The number of carbonyl (C=O) groups excluding carboxylic acids is 3. The fourth-order valence-electron chi connectivity index (χ4n) is 10.3. The smallest absolute Gasteiger partial charge is 0.306 e. The summed E-state index contributed by atoms with van der Waals surface area (Å²) in [5.74, 6) is 0.0705. The standard InChI is InChI=1S/C66H128O6/c1-5-8-10-12-14-16-18-20-22-24-25-27-29-35-39-43-47-51-55-59-66(69)72-63(60-70-64(67)57-53-49-45-41-37-33-28-26-23-21-19-17-15-13-11-9-6-2)61-71-65(68)58-54-50-46-42-38-34-31-30-32-36-40-44-48-52-56-62(4)7-3/h62-63H,5-61H2,1-4H3/t62?,63-/m1/s1. The Hall–Kier alpha value is -1.59. The fourth-order valence-corrected chi connectivity index (χ4v) is 10.3. The van der Waals surface area contributed by atoms with Gasteiger partial charge in [-0.1, -0.05) is 342 Å². The number of hydrogen-bond donors (Lipinski definition) is 0. The third-order valence-electron chi connectivity index (χ3n) is 15.7. The van der Waals surface area contributed by atoms with E-state index in [2.05, 4.69) is 27.7 Å². The predicted octanol–water partition coefficient (Wildman–Crippen LogP) is 22.1. The van der Waals surface area contributed by atoms with Gasteiger partial charge in [-0.25, -0.2) is 0 Å². The molecule has 6 heteroatoms. The van der Waals surface area contributed by atoms with Crippen LogP contribution in [0.25, 0.3) is 0 Å². The molecule has 0 aromatic rings. The average molecular weight is 1020 g/mol. The lowest BCUT2D eigenvalue weighted by Crippen LogP contribution is -2.30. The van der Waals surface area contributed by atoms with Gasteiger partial charge in [0, 0.05) is 19.3 Å². The minimum absolute atomic E-state index is 0.0610. The van der Waals surface area contributed by atoms with Crippen molar-refractivity contribution in [1.29, 1.82) is 0 Å². The maximum absolute atomic E-state index is 12.9. The van der Waals surface area contributed by atoms with Crippen LogP contribution in [0.1, 0.15) is 381 Å². The molecule has 428 valence electrons. The number of carbonyl (C=O) groups is 3. The van der Waals surface area contributed by atoms with Crippen molar-refractivity contribution in [2.75, 3.05) is 13.2 Å². The molecule has 0 aromatic carbocycles. The number of esters is 3. The van der Waals surface area contributed by atoms with Crippen molar-refractivity contribution >= 4 is 17.9 Å². The molecule has 0 saturated carbocycles. The molecule has 0 spiro atoms. The third-order valence-corrected chi connectivity index (χ3v) is 15.7. The molecule has 0 saturated heterocycles. The highest BCUT2D eigenvalue weighted by atomic mass is 16.6. The Labute approximate surface area is 450 Å². The average Bonchev–Trinajstić information content (AvgIpc) is 3.38. The van der Waals surface area contributed by atoms with Crippen LogP contribution < -0.4 is 0 Å². The quantitative estimate of drug-likeness (QED) is 0.0343. The zero-order chi connectivity index (χ0) is 52.3. The Bertz CT molecular complexity index is 1090. The summed E-state index contributed by atoms with van der Waals surface area (Å²) in [7, 11) is 0. The second-order valence-corrected chi connectivity index (χ2v) is 23.0. The Morgan fingerprint density at radius 3 is 0.722 bits per heavy atom. The van der Waals surface area contributed by atoms with E-state index >= 15 is 0 Å². The van der Waals surface area contributed by atoms with E-state index in [1.165, 1.54) is 276 Å². The summed E-state index contributed by atoms with van der Waals surface area (Å²) in [4.78, 5) is 38.4. The molecule has 6 nitrogen and oxygen atoms in total. The molecule has 72 heavy (non-hydrogen) atoms. The molecule has 0 rings (SSSR count). The first-order chi connectivity index (χ1) is 35.4. The highest BCUT2D eigenvalue weighted by Gasteiger charge is 2.19. The summed E-state index contributed by atoms with van der Waals surface area (Å²) < 4.78 is 17.0. The van der Waals surface area contributed by atoms with Crippen molar-refractivity contribution < 1.29 is 28.6 Å². The predicted molar refractivity (Wildman–Crippen MR) is 312 cm³/mol. The van der Waals surface area contributed by atoms with E-state index in [4.69, 9.17) is 14.2 Å². The Morgan fingerprint density at radius 1 is 0.278 bits per heavy atom. The Balaban J connectivity index is 4.29. The summed E-state index contributed by atoms with van der Waals surface area (Å²) in [6.45, 7) is 9.13. The molecular formula is C66H128O6. The minimum atomic E-state index is -0.763. The molecule has 0 aliphatic heterocycles. The van der Waals surface area contributed by atoms with E-state index in [1.54, 1.807) is 0 Å². The molecule has 0 fully saturated rings. The van der Waals surface area contributed by atoms with Gasteiger partial charge in [-0.2, -0.15) is 0 Å². The van der Waals surface area contributed by atoms with Gasteiger partial charge >= 0.3 is 17.9 Å². The van der Waals surface area contributed by atoms with Crippen molar-refractivity contribution in [2.45, 2.75) is 387 Å². The number of rotatable bonds is 61. The van der Waals surface area contributed by atoms with Crippen LogP contribution in [0.5, 0.6) is 0 Å². The van der Waals surface area contributed by atoms with Gasteiger partial charge in [0.2, 0.25) is 0 Å². The second-order valence-electron chi connectivity index (χ2n) is 23.0. The van der Waals surface area contributed by atoms with E-state index in [1.807, 2.05) is 0 Å². The van der Waals surface area contributed by atoms with Gasteiger partial charge in [-0.15, -0.1) is 0 Å². The summed E-state index contributed by atoms with van der Waals surface area (Å²) in [5.41, 5.74) is 0. The van der Waals surface area contributed by atoms with Crippen LogP contribution >= 0.6 is 0 Å². The molecule has 2 atom stereocenters. The highest BCUT2D eigenvalue weighted by molar-refractivity contribution is 5.71. The molecule has 0 bridgehead atoms. The largest absolute Gasteiger partial charge is 0.462 e. The topological polar surface area (TPSA) is 78.9 Å². The first-order valence-corrected chi connectivity index (χ1v) is 32.9. The van der Waals surface area contributed by atoms with E-state index < -0.39 is 6.10 Å². The van der Waals surface area contributed by atoms with Gasteiger partial charge in [-0.05, 0) is 25.2 Å². The molecule has 0 aliphatic rings. The van der Waals surface area contributed by atoms with Crippen molar-refractivity contribution in [1.82, 2.24) is 0 Å². The third kappa shape index (κ3) is 57.7. The summed E-state index contributed by atoms with van der Waals surface area (Å²) in [5, 5.41) is 0. The first kappa shape index (κ1) is 70.4. The van der Waals surface area contributed by atoms with Crippen molar-refractivity contribution in [2.24, 2.45) is 5.92 Å². The SMILES string of the molecule is CCCCCCCCCCCCCCCCCCCCCC(=O)O[C@H](COC(=O)CCCCCCCCCCCCCCCCCCC)COC(=O)CCCCCCCCCCCCCCCCC(C)CC. The normalized spacial score (nSPS) is 12.3. The lowest BCUT2D eigenvalue weighted by atomic mass is 9.99. The molecule has 0 amide bonds. The number of unbranched alkanes of at least 4 members (excludes halogenated alkanes) is 47. The van der Waals surface area contributed by atoms with Crippen LogP contribution in [0.15, 0.2) is 0 Å². The molecule has 1 unspecified atom stereocenters. The summed E-state index contributed by atoms with van der Waals surface area (Å²) >= 11 is 0. The Kier molecular flexibility index (Phi) is 58.9. The summed E-state index contributed by atoms with van der Waals surface area (Å²) in [6, 6.07) is 0. The minimum Gasteiger partial charge on any atom is -0.462 e. The van der Waals surface area contributed by atoms with Gasteiger partial charge < -0.3 is 14.2 Å². The molecule has 0 N–H and O–H groups in total. The van der Waals surface area contributed by atoms with Crippen molar-refractivity contribution in [3.63, 3.8) is 0 Å². The molecule has 0 aromatic heterocycles. The summed E-state index contributed by atoms with van der Waals surface area (Å²) in [6.07, 6.45) is 68.1. The molecule has 0 aliphatic carbocycles. The van der Waals surface area contributed by atoms with Gasteiger partial charge in [0.15, 0.2) is 6.10 Å². The molecule has 0 radical (unpaired) electrons. The molecule has 0 heterocycles. The van der Waals surface area contributed by atoms with Crippen LogP contribution in [0.3, 0.4) is 0 Å². The lowest BCUT2D eigenvalue weighted by Gasteiger charge is -2.18. The number of ether oxygens (including phenoxy) is 3. The number of hydrogen-bond acceptors (Lipinski definition) is 6. The van der Waals surface area contributed by atoms with Gasteiger partial charge in [0.1, 0.15) is 13.2 Å². The fraction of sp³-hybridized carbons (Fsp3) is 0.955. The Morgan fingerprint density at radius 2 is 0.486 bits per heavy atom. The van der Waals surface area contributed by atoms with Crippen LogP contribution in [0, 0.1) is 5.92 Å². The maximum Gasteiger partial charge on any atom is 0.306 e. The van der Waals surface area contributed by atoms with Crippen molar-refractivity contribution in [3.8, 4) is 0 Å². The maximum atomic E-state index is 12.9. The van der Waals surface area contributed by atoms with Gasteiger partial charge in [0.05, 0.1) is 0 Å². The van der Waals surface area contributed by atoms with Crippen LogP contribution in [0.2, 0.25) is 0 Å². The van der Waals surface area contributed by atoms with Crippen LogP contribution in [-0.2, 0) is 28.6 Å². The lowest BCUT2D eigenvalue weighted by molar-refractivity contribution is -0.167. The monoisotopic (exact) mass is 1020 g/mol. The second kappa shape index (κ2) is 60.3. The van der Waals surface area contributed by atoms with Gasteiger partial charge in [-0.3, -0.25) is 14.4 Å².